The minimum atomic E-state index is -0.843. The van der Waals surface area contributed by atoms with Crippen LogP contribution in [-0.2, 0) is 14.3 Å². The number of nitrogens with one attached hydrogen (secondary N) is 1. The normalized spacial score (nSPS) is 12.5. The maximum absolute atomic E-state index is 12.5. The quantitative estimate of drug-likeness (QED) is 0.0320. The van der Waals surface area contributed by atoms with Gasteiger partial charge in [-0.15, -0.1) is 0 Å². The topological polar surface area (TPSA) is 95.9 Å². The Bertz CT molecular complexity index is 1260. The highest BCUT2D eigenvalue weighted by Gasteiger charge is 2.18. The molecule has 0 aliphatic heterocycles. The molecule has 2 unspecified atom stereocenters. The molecule has 6 nitrogen and oxygen atoms in total. The summed E-state index contributed by atoms with van der Waals surface area (Å²) in [5.74, 6) is -0.0360. The Hall–Kier alpha value is -1.40. The van der Waals surface area contributed by atoms with Crippen molar-refractivity contribution >= 4 is 11.9 Å². The first kappa shape index (κ1) is 81.6. The van der Waals surface area contributed by atoms with Crippen LogP contribution in [0.15, 0.2) is 12.2 Å². The molecule has 0 rings (SSSR count). The van der Waals surface area contributed by atoms with Crippen LogP contribution < -0.4 is 5.32 Å². The lowest BCUT2D eigenvalue weighted by Gasteiger charge is -2.20. The van der Waals surface area contributed by atoms with Crippen molar-refractivity contribution in [2.24, 2.45) is 0 Å². The van der Waals surface area contributed by atoms with Crippen molar-refractivity contribution in [1.82, 2.24) is 5.32 Å². The average Bonchev–Trinajstić information content (AvgIpc) is 3.49. The molecule has 0 spiro atoms. The number of ether oxygens (including phenoxy) is 1. The summed E-state index contributed by atoms with van der Waals surface area (Å²) in [5, 5.41) is 23.3. The van der Waals surface area contributed by atoms with Gasteiger partial charge >= 0.3 is 5.97 Å². The van der Waals surface area contributed by atoms with E-state index in [1.807, 2.05) is 6.08 Å². The van der Waals surface area contributed by atoms with E-state index >= 15 is 0 Å². The molecule has 2 atom stereocenters. The fraction of sp³-hybridized carbons (Fsp3) is 0.948. The summed E-state index contributed by atoms with van der Waals surface area (Å²) in [6, 6.07) is -0.626. The number of amides is 1. The molecule has 0 aromatic rings. The van der Waals surface area contributed by atoms with Crippen molar-refractivity contribution in [1.29, 1.82) is 0 Å². The standard InChI is InChI=1S/C77H151NO5/c1-3-5-7-9-11-13-15-17-19-21-22-31-34-38-41-45-49-53-57-61-65-69-75(80)74(73-79)78-76(81)70-66-62-58-54-50-46-42-39-35-32-29-27-25-23-24-26-28-30-33-36-40-44-48-52-56-60-64-68-72-83-77(82)71-67-63-59-55-51-47-43-37-20-18-16-14-12-10-8-6-4-2/h65,69,74-75,79-80H,3-64,66-68,70-73H2,1-2H3,(H,78,81)/b69-65+. The van der Waals surface area contributed by atoms with E-state index in [0.29, 0.717) is 19.4 Å². The number of esters is 1. The molecule has 0 saturated heterocycles. The van der Waals surface area contributed by atoms with Crippen molar-refractivity contribution in [3.63, 3.8) is 0 Å². The molecule has 494 valence electrons. The fourth-order valence-electron chi connectivity index (χ4n) is 12.5. The van der Waals surface area contributed by atoms with Gasteiger partial charge in [0, 0.05) is 12.8 Å². The number of allylic oxidation sites excluding steroid dienone is 1. The van der Waals surface area contributed by atoms with E-state index in [9.17, 15) is 19.8 Å². The molecule has 83 heavy (non-hydrogen) atoms. The first-order valence-corrected chi connectivity index (χ1v) is 38.5. The number of unbranched alkanes of at least 4 members (excludes halogenated alkanes) is 62. The molecular weight excluding hydrogens is 1020 g/mol. The highest BCUT2D eigenvalue weighted by atomic mass is 16.5. The molecule has 0 aliphatic rings. The molecule has 0 aliphatic carbocycles. The number of rotatable bonds is 73. The van der Waals surface area contributed by atoms with E-state index in [1.165, 1.54) is 379 Å². The predicted octanol–water partition coefficient (Wildman–Crippen LogP) is 25.1. The maximum Gasteiger partial charge on any atom is 0.305 e. The van der Waals surface area contributed by atoms with Crippen LogP contribution in [-0.4, -0.2) is 47.4 Å². The van der Waals surface area contributed by atoms with Gasteiger partial charge in [0.25, 0.3) is 0 Å². The zero-order valence-corrected chi connectivity index (χ0v) is 56.7. The van der Waals surface area contributed by atoms with E-state index in [2.05, 4.69) is 19.2 Å². The van der Waals surface area contributed by atoms with E-state index < -0.39 is 12.1 Å². The molecule has 6 heteroatoms. The third kappa shape index (κ3) is 69.6. The Labute approximate surface area is 520 Å². The summed E-state index contributed by atoms with van der Waals surface area (Å²) >= 11 is 0. The van der Waals surface area contributed by atoms with Gasteiger partial charge in [-0.25, -0.2) is 0 Å². The Morgan fingerprint density at radius 3 is 0.819 bits per heavy atom. The monoisotopic (exact) mass is 1170 g/mol. The number of carbonyl (C=O) groups excluding carboxylic acids is 2. The zero-order valence-electron chi connectivity index (χ0n) is 56.7. The number of hydrogen-bond acceptors (Lipinski definition) is 5. The number of carbonyl (C=O) groups is 2. The minimum Gasteiger partial charge on any atom is -0.466 e. The van der Waals surface area contributed by atoms with Crippen molar-refractivity contribution in [2.45, 2.75) is 456 Å². The first-order valence-electron chi connectivity index (χ1n) is 38.5. The van der Waals surface area contributed by atoms with Crippen LogP contribution in [0, 0.1) is 0 Å². The lowest BCUT2D eigenvalue weighted by atomic mass is 10.0. The van der Waals surface area contributed by atoms with Crippen LogP contribution >= 0.6 is 0 Å². The van der Waals surface area contributed by atoms with Crippen LogP contribution in [0.5, 0.6) is 0 Å². The van der Waals surface area contributed by atoms with Gasteiger partial charge in [-0.05, 0) is 32.1 Å². The highest BCUT2D eigenvalue weighted by molar-refractivity contribution is 5.76. The van der Waals surface area contributed by atoms with Gasteiger partial charge in [0.1, 0.15) is 0 Å². The smallest absolute Gasteiger partial charge is 0.305 e. The second-order valence-electron chi connectivity index (χ2n) is 26.7. The summed E-state index contributed by atoms with van der Waals surface area (Å²) in [6.07, 6.45) is 91.8. The Morgan fingerprint density at radius 2 is 0.554 bits per heavy atom. The molecule has 0 fully saturated rings. The molecular formula is C77H151NO5. The zero-order chi connectivity index (χ0) is 59.9. The van der Waals surface area contributed by atoms with Crippen LogP contribution in [0.25, 0.3) is 0 Å². The second kappa shape index (κ2) is 73.1. The molecule has 0 radical (unpaired) electrons. The summed E-state index contributed by atoms with van der Waals surface area (Å²) < 4.78 is 5.51. The van der Waals surface area contributed by atoms with Crippen molar-refractivity contribution in [2.75, 3.05) is 13.2 Å². The SMILES string of the molecule is CCCCCCCCCCCCCCCCCCCCC/C=C/C(O)C(CO)NC(=O)CCCCCCCCCCCCCCCCCCCCCCCCCCCCCCOC(=O)CCCCCCCCCCCCCCCCCCC. The van der Waals surface area contributed by atoms with Gasteiger partial charge in [-0.1, -0.05) is 411 Å². The van der Waals surface area contributed by atoms with E-state index in [-0.39, 0.29) is 18.5 Å². The second-order valence-corrected chi connectivity index (χ2v) is 26.7. The van der Waals surface area contributed by atoms with E-state index in [4.69, 9.17) is 4.74 Å². The maximum atomic E-state index is 12.5. The molecule has 0 aromatic heterocycles. The Kier molecular flexibility index (Phi) is 71.8. The lowest BCUT2D eigenvalue weighted by molar-refractivity contribution is -0.143. The minimum absolute atomic E-state index is 0.0237. The summed E-state index contributed by atoms with van der Waals surface area (Å²) in [4.78, 5) is 24.6. The van der Waals surface area contributed by atoms with Crippen LogP contribution in [0.2, 0.25) is 0 Å². The van der Waals surface area contributed by atoms with Crippen molar-refractivity contribution in [3.8, 4) is 0 Å². The molecule has 0 heterocycles. The fourth-order valence-corrected chi connectivity index (χ4v) is 12.5. The summed E-state index contributed by atoms with van der Waals surface area (Å²) in [5.41, 5.74) is 0. The number of aliphatic hydroxyl groups is 2. The molecule has 3 N–H and O–H groups in total. The van der Waals surface area contributed by atoms with Gasteiger partial charge in [-0.2, -0.15) is 0 Å². The molecule has 0 bridgehead atoms. The van der Waals surface area contributed by atoms with Crippen molar-refractivity contribution < 1.29 is 24.5 Å². The predicted molar refractivity (Wildman–Crippen MR) is 366 cm³/mol. The van der Waals surface area contributed by atoms with Crippen LogP contribution in [0.3, 0.4) is 0 Å². The lowest BCUT2D eigenvalue weighted by Crippen LogP contribution is -2.45. The van der Waals surface area contributed by atoms with Gasteiger partial charge in [0.15, 0.2) is 0 Å². The van der Waals surface area contributed by atoms with E-state index in [0.717, 1.165) is 38.5 Å². The Balaban J connectivity index is 3.35. The third-order valence-electron chi connectivity index (χ3n) is 18.3. The van der Waals surface area contributed by atoms with E-state index in [1.54, 1.807) is 6.08 Å². The highest BCUT2D eigenvalue weighted by Crippen LogP contribution is 2.20. The molecule has 0 saturated carbocycles. The largest absolute Gasteiger partial charge is 0.466 e. The van der Waals surface area contributed by atoms with Gasteiger partial charge in [0.2, 0.25) is 5.91 Å². The van der Waals surface area contributed by atoms with Crippen LogP contribution in [0.1, 0.15) is 444 Å². The first-order chi connectivity index (χ1) is 41.0. The van der Waals surface area contributed by atoms with Crippen molar-refractivity contribution in [3.05, 3.63) is 12.2 Å². The summed E-state index contributed by atoms with van der Waals surface area (Å²) in [7, 11) is 0. The van der Waals surface area contributed by atoms with Gasteiger partial charge < -0.3 is 20.3 Å². The summed E-state index contributed by atoms with van der Waals surface area (Å²) in [6.45, 7) is 4.96. The average molecular weight is 1170 g/mol. The van der Waals surface area contributed by atoms with Gasteiger partial charge in [0.05, 0.1) is 25.4 Å². The number of hydrogen-bond donors (Lipinski definition) is 3. The van der Waals surface area contributed by atoms with Gasteiger partial charge in [-0.3, -0.25) is 9.59 Å². The molecule has 0 aromatic carbocycles. The Morgan fingerprint density at radius 1 is 0.325 bits per heavy atom. The van der Waals surface area contributed by atoms with Crippen LogP contribution in [0.4, 0.5) is 0 Å². The molecule has 1 amide bonds. The third-order valence-corrected chi connectivity index (χ3v) is 18.3. The number of aliphatic hydroxyl groups excluding tert-OH is 2.